The second-order valence-corrected chi connectivity index (χ2v) is 4.72. The Morgan fingerprint density at radius 1 is 1.19 bits per heavy atom. The molecule has 98 valence electrons. The Morgan fingerprint density at radius 2 is 1.81 bits per heavy atom. The Kier molecular flexibility index (Phi) is 6.99. The van der Waals surface area contributed by atoms with Gasteiger partial charge in [0.15, 0.2) is 0 Å². The topological polar surface area (TPSA) is 21.3 Å². The van der Waals surface area contributed by atoms with E-state index in [1.165, 1.54) is 0 Å². The van der Waals surface area contributed by atoms with Gasteiger partial charge >= 0.3 is 6.18 Å². The summed E-state index contributed by atoms with van der Waals surface area (Å²) in [6, 6.07) is 0. The summed E-state index contributed by atoms with van der Waals surface area (Å²) in [5, 5.41) is 3.19. The molecular formula is C11H22F3NO. The number of alkyl halides is 3. The maximum Gasteiger partial charge on any atom is 0.389 e. The number of hydrogen-bond donors (Lipinski definition) is 1. The Balaban J connectivity index is 3.50. The van der Waals surface area contributed by atoms with Crippen LogP contribution in [0.1, 0.15) is 33.6 Å². The van der Waals surface area contributed by atoms with Gasteiger partial charge in [0.25, 0.3) is 0 Å². The molecule has 0 rings (SSSR count). The van der Waals surface area contributed by atoms with Crippen molar-refractivity contribution in [3.63, 3.8) is 0 Å². The summed E-state index contributed by atoms with van der Waals surface area (Å²) in [4.78, 5) is 0. The summed E-state index contributed by atoms with van der Waals surface area (Å²) in [7, 11) is 0. The molecule has 0 fully saturated rings. The minimum Gasteiger partial charge on any atom is -0.381 e. The molecule has 0 spiro atoms. The highest BCUT2D eigenvalue weighted by Crippen LogP contribution is 2.21. The second kappa shape index (κ2) is 7.12. The lowest BCUT2D eigenvalue weighted by Crippen LogP contribution is -2.33. The molecular weight excluding hydrogens is 219 g/mol. The molecule has 0 aromatic heterocycles. The van der Waals surface area contributed by atoms with Crippen molar-refractivity contribution in [3.05, 3.63) is 0 Å². The van der Waals surface area contributed by atoms with Crippen molar-refractivity contribution in [1.29, 1.82) is 0 Å². The van der Waals surface area contributed by atoms with Crippen LogP contribution in [0.5, 0.6) is 0 Å². The zero-order valence-electron chi connectivity index (χ0n) is 10.3. The van der Waals surface area contributed by atoms with E-state index in [1.54, 1.807) is 0 Å². The standard InChI is InChI=1S/C11H22F3NO/c1-4-15-8-10(2,3)9-16-7-5-6-11(12,13)14/h15H,4-9H2,1-3H3. The molecule has 0 unspecified atom stereocenters. The molecule has 5 heteroatoms. The number of halogens is 3. The van der Waals surface area contributed by atoms with E-state index >= 15 is 0 Å². The third kappa shape index (κ3) is 10.2. The van der Waals surface area contributed by atoms with Crippen LogP contribution in [-0.2, 0) is 4.74 Å². The molecule has 0 aliphatic rings. The lowest BCUT2D eigenvalue weighted by Gasteiger charge is -2.24. The molecule has 0 heterocycles. The van der Waals surface area contributed by atoms with Crippen LogP contribution >= 0.6 is 0 Å². The summed E-state index contributed by atoms with van der Waals surface area (Å²) in [5.74, 6) is 0. The van der Waals surface area contributed by atoms with Gasteiger partial charge in [0, 0.05) is 25.0 Å². The lowest BCUT2D eigenvalue weighted by atomic mass is 9.95. The first kappa shape index (κ1) is 15.7. The third-order valence-corrected chi connectivity index (χ3v) is 2.10. The normalized spacial score (nSPS) is 13.1. The van der Waals surface area contributed by atoms with Crippen molar-refractivity contribution in [2.45, 2.75) is 39.8 Å². The first-order valence-corrected chi connectivity index (χ1v) is 5.62. The van der Waals surface area contributed by atoms with Crippen LogP contribution < -0.4 is 5.32 Å². The van der Waals surface area contributed by atoms with Crippen LogP contribution in [0.25, 0.3) is 0 Å². The quantitative estimate of drug-likeness (QED) is 0.660. The van der Waals surface area contributed by atoms with Crippen molar-refractivity contribution in [3.8, 4) is 0 Å². The summed E-state index contributed by atoms with van der Waals surface area (Å²) >= 11 is 0. The number of nitrogens with one attached hydrogen (secondary N) is 1. The van der Waals surface area contributed by atoms with Crippen molar-refractivity contribution in [2.24, 2.45) is 5.41 Å². The highest BCUT2D eigenvalue weighted by molar-refractivity contribution is 4.70. The molecule has 0 aromatic carbocycles. The third-order valence-electron chi connectivity index (χ3n) is 2.10. The summed E-state index contributed by atoms with van der Waals surface area (Å²) in [5.41, 5.74) is -0.0335. The van der Waals surface area contributed by atoms with E-state index in [4.69, 9.17) is 4.74 Å². The molecule has 0 bridgehead atoms. The van der Waals surface area contributed by atoms with Gasteiger partial charge in [-0.05, 0) is 13.0 Å². The van der Waals surface area contributed by atoms with E-state index in [1.807, 2.05) is 20.8 Å². The second-order valence-electron chi connectivity index (χ2n) is 4.72. The molecule has 0 atom stereocenters. The monoisotopic (exact) mass is 241 g/mol. The predicted octanol–water partition coefficient (Wildman–Crippen LogP) is 2.98. The highest BCUT2D eigenvalue weighted by Gasteiger charge is 2.26. The van der Waals surface area contributed by atoms with Crippen LogP contribution in [0, 0.1) is 5.41 Å². The van der Waals surface area contributed by atoms with E-state index in [0.29, 0.717) is 6.61 Å². The lowest BCUT2D eigenvalue weighted by molar-refractivity contribution is -0.138. The maximum absolute atomic E-state index is 11.8. The molecule has 2 nitrogen and oxygen atoms in total. The van der Waals surface area contributed by atoms with E-state index in [9.17, 15) is 13.2 Å². The van der Waals surface area contributed by atoms with Crippen molar-refractivity contribution in [1.82, 2.24) is 5.32 Å². The Hall–Kier alpha value is -0.290. The SMILES string of the molecule is CCNCC(C)(C)COCCCC(F)(F)F. The molecule has 0 amide bonds. The average molecular weight is 241 g/mol. The van der Waals surface area contributed by atoms with Gasteiger partial charge < -0.3 is 10.1 Å². The average Bonchev–Trinajstić information content (AvgIpc) is 2.12. The molecule has 0 saturated heterocycles. The van der Waals surface area contributed by atoms with Gasteiger partial charge in [0.2, 0.25) is 0 Å². The van der Waals surface area contributed by atoms with Gasteiger partial charge in [-0.2, -0.15) is 13.2 Å². The Labute approximate surface area is 95.5 Å². The largest absolute Gasteiger partial charge is 0.389 e. The molecule has 0 radical (unpaired) electrons. The van der Waals surface area contributed by atoms with Gasteiger partial charge in [0.1, 0.15) is 0 Å². The van der Waals surface area contributed by atoms with Crippen LogP contribution in [0.15, 0.2) is 0 Å². The van der Waals surface area contributed by atoms with Gasteiger partial charge in [0.05, 0.1) is 6.61 Å². The summed E-state index contributed by atoms with van der Waals surface area (Å²) in [6.07, 6.45) is -4.79. The highest BCUT2D eigenvalue weighted by atomic mass is 19.4. The van der Waals surface area contributed by atoms with Crippen molar-refractivity contribution in [2.75, 3.05) is 26.3 Å². The smallest absolute Gasteiger partial charge is 0.381 e. The number of ether oxygens (including phenoxy) is 1. The van der Waals surface area contributed by atoms with Crippen LogP contribution in [0.3, 0.4) is 0 Å². The predicted molar refractivity (Wildman–Crippen MR) is 58.4 cm³/mol. The zero-order chi connectivity index (χ0) is 12.7. The zero-order valence-corrected chi connectivity index (χ0v) is 10.3. The van der Waals surface area contributed by atoms with E-state index < -0.39 is 12.6 Å². The number of hydrogen-bond acceptors (Lipinski definition) is 2. The fourth-order valence-corrected chi connectivity index (χ4v) is 1.24. The molecule has 0 aliphatic carbocycles. The molecule has 1 N–H and O–H groups in total. The minimum atomic E-state index is -4.07. The van der Waals surface area contributed by atoms with Gasteiger partial charge in [-0.25, -0.2) is 0 Å². The molecule has 0 saturated carbocycles. The van der Waals surface area contributed by atoms with Gasteiger partial charge in [-0.15, -0.1) is 0 Å². The molecule has 0 aliphatic heterocycles. The summed E-state index contributed by atoms with van der Waals surface area (Å²) < 4.78 is 40.7. The van der Waals surface area contributed by atoms with Gasteiger partial charge in [-0.3, -0.25) is 0 Å². The van der Waals surface area contributed by atoms with Crippen molar-refractivity contribution < 1.29 is 17.9 Å². The van der Waals surface area contributed by atoms with Crippen LogP contribution in [-0.4, -0.2) is 32.5 Å². The van der Waals surface area contributed by atoms with E-state index in [0.717, 1.165) is 13.1 Å². The molecule has 0 aromatic rings. The fraction of sp³-hybridized carbons (Fsp3) is 1.00. The first-order chi connectivity index (χ1) is 7.27. The number of rotatable bonds is 8. The van der Waals surface area contributed by atoms with Crippen molar-refractivity contribution >= 4 is 0 Å². The Morgan fingerprint density at radius 3 is 2.31 bits per heavy atom. The maximum atomic E-state index is 11.8. The molecule has 16 heavy (non-hydrogen) atoms. The van der Waals surface area contributed by atoms with E-state index in [2.05, 4.69) is 5.32 Å². The fourth-order valence-electron chi connectivity index (χ4n) is 1.24. The van der Waals surface area contributed by atoms with Crippen LogP contribution in [0.4, 0.5) is 13.2 Å². The van der Waals surface area contributed by atoms with Crippen LogP contribution in [0.2, 0.25) is 0 Å². The Bertz CT molecular complexity index is 181. The van der Waals surface area contributed by atoms with E-state index in [-0.39, 0.29) is 18.4 Å². The van der Waals surface area contributed by atoms with Gasteiger partial charge in [-0.1, -0.05) is 20.8 Å². The first-order valence-electron chi connectivity index (χ1n) is 5.62. The summed E-state index contributed by atoms with van der Waals surface area (Å²) in [6.45, 7) is 8.42. The minimum absolute atomic E-state index is 0.0335.